The normalized spacial score (nSPS) is 12.9. The number of anilines is 1. The summed E-state index contributed by atoms with van der Waals surface area (Å²) < 4.78 is 34.8. The highest BCUT2D eigenvalue weighted by atomic mass is 32.2. The number of rotatable bonds is 9. The van der Waals surface area contributed by atoms with E-state index in [0.717, 1.165) is 5.56 Å². The first kappa shape index (κ1) is 26.4. The van der Waals surface area contributed by atoms with E-state index in [1.165, 1.54) is 35.8 Å². The smallest absolute Gasteiger partial charge is 0.342 e. The van der Waals surface area contributed by atoms with Crippen molar-refractivity contribution in [1.82, 2.24) is 9.55 Å². The quantitative estimate of drug-likeness (QED) is 0.248. The number of hydrogen-bond acceptors (Lipinski definition) is 7. The van der Waals surface area contributed by atoms with Gasteiger partial charge in [-0.15, -0.1) is 0 Å². The summed E-state index contributed by atoms with van der Waals surface area (Å²) in [5.41, 5.74) is 6.01. The van der Waals surface area contributed by atoms with Crippen molar-refractivity contribution in [2.45, 2.75) is 30.7 Å². The van der Waals surface area contributed by atoms with Crippen molar-refractivity contribution >= 4 is 38.6 Å². The van der Waals surface area contributed by atoms with Crippen LogP contribution in [-0.2, 0) is 36.3 Å². The largest absolute Gasteiger partial charge is 0.464 e. The number of hydrogen-bond donors (Lipinski definition) is 2. The summed E-state index contributed by atoms with van der Waals surface area (Å²) in [5, 5.41) is 9.10. The summed E-state index contributed by atoms with van der Waals surface area (Å²) >= 11 is 0. The zero-order chi connectivity index (χ0) is 27.5. The Kier molecular flexibility index (Phi) is 7.19. The van der Waals surface area contributed by atoms with Gasteiger partial charge in [-0.2, -0.15) is 5.26 Å². The Labute approximate surface area is 219 Å². The number of carbonyl (C=O) groups is 2. The van der Waals surface area contributed by atoms with Gasteiger partial charge in [0.25, 0.3) is 15.9 Å². The molecule has 0 radical (unpaired) electrons. The molecular formula is C27H25N5O5S. The number of esters is 1. The summed E-state index contributed by atoms with van der Waals surface area (Å²) in [5.74, 6) is -1.46. The molecular weight excluding hydrogens is 506 g/mol. The predicted octanol–water partition coefficient (Wildman–Crippen LogP) is 3.06. The van der Waals surface area contributed by atoms with Crippen molar-refractivity contribution in [1.29, 1.82) is 5.26 Å². The Hall–Kier alpha value is -4.69. The molecule has 0 bridgehead atoms. The van der Waals surface area contributed by atoms with Crippen molar-refractivity contribution in [3.8, 4) is 6.07 Å². The molecule has 1 amide bonds. The van der Waals surface area contributed by atoms with Crippen LogP contribution < -0.4 is 10.5 Å². The van der Waals surface area contributed by atoms with E-state index < -0.39 is 27.4 Å². The number of carbonyl (C=O) groups excluding carboxylic acids is 2. The van der Waals surface area contributed by atoms with Crippen LogP contribution in [0, 0.1) is 11.3 Å². The van der Waals surface area contributed by atoms with Crippen molar-refractivity contribution in [3.63, 3.8) is 0 Å². The molecule has 194 valence electrons. The maximum absolute atomic E-state index is 13.0. The van der Waals surface area contributed by atoms with Gasteiger partial charge in [0.05, 0.1) is 39.9 Å². The van der Waals surface area contributed by atoms with Gasteiger partial charge in [-0.1, -0.05) is 30.3 Å². The second kappa shape index (κ2) is 10.4. The van der Waals surface area contributed by atoms with Crippen molar-refractivity contribution in [2.24, 2.45) is 5.73 Å². The van der Waals surface area contributed by atoms with Gasteiger partial charge < -0.3 is 15.0 Å². The summed E-state index contributed by atoms with van der Waals surface area (Å²) in [4.78, 5) is 30.5. The number of primary amides is 1. The Balaban J connectivity index is 1.85. The van der Waals surface area contributed by atoms with E-state index in [9.17, 15) is 18.0 Å². The number of amides is 1. The molecule has 1 unspecified atom stereocenters. The lowest BCUT2D eigenvalue weighted by Crippen LogP contribution is -2.51. The number of nitriles is 1. The first-order valence-electron chi connectivity index (χ1n) is 11.7. The van der Waals surface area contributed by atoms with Crippen LogP contribution in [0.2, 0.25) is 0 Å². The number of aromatic nitrogens is 2. The second-order valence-corrected chi connectivity index (χ2v) is 10.3. The Morgan fingerprint density at radius 2 is 1.79 bits per heavy atom. The number of sulfonamides is 1. The lowest BCUT2D eigenvalue weighted by Gasteiger charge is -2.28. The van der Waals surface area contributed by atoms with Crippen LogP contribution in [0.3, 0.4) is 0 Å². The van der Waals surface area contributed by atoms with Gasteiger partial charge in [0, 0.05) is 6.42 Å². The lowest BCUT2D eigenvalue weighted by molar-refractivity contribution is -0.157. The maximum Gasteiger partial charge on any atom is 0.342 e. The minimum atomic E-state index is -3.86. The van der Waals surface area contributed by atoms with Gasteiger partial charge in [0.15, 0.2) is 0 Å². The highest BCUT2D eigenvalue weighted by Gasteiger charge is 2.45. The SMILES string of the molecule is CCOC(=O)C(C)(C(N)=O)n1c(Cc2ccc(C#N)cc2)nc2cc(NS(=O)(=O)c3ccccc3)ccc21. The monoisotopic (exact) mass is 531 g/mol. The van der Waals surface area contributed by atoms with Crippen molar-refractivity contribution in [3.05, 3.63) is 89.7 Å². The molecule has 10 nitrogen and oxygen atoms in total. The number of nitrogens with one attached hydrogen (secondary N) is 1. The topological polar surface area (TPSA) is 157 Å². The molecule has 0 spiro atoms. The Morgan fingerprint density at radius 3 is 2.39 bits per heavy atom. The highest BCUT2D eigenvalue weighted by Crippen LogP contribution is 2.31. The lowest BCUT2D eigenvalue weighted by atomic mass is 9.99. The van der Waals surface area contributed by atoms with Crippen LogP contribution in [0.5, 0.6) is 0 Å². The van der Waals surface area contributed by atoms with Crippen LogP contribution >= 0.6 is 0 Å². The van der Waals surface area contributed by atoms with E-state index in [1.54, 1.807) is 55.5 Å². The van der Waals surface area contributed by atoms with Gasteiger partial charge in [-0.3, -0.25) is 9.52 Å². The fraction of sp³-hybridized carbons (Fsp3) is 0.185. The van der Waals surface area contributed by atoms with E-state index in [2.05, 4.69) is 15.8 Å². The van der Waals surface area contributed by atoms with Gasteiger partial charge in [0.1, 0.15) is 5.82 Å². The van der Waals surface area contributed by atoms with Crippen LogP contribution in [0.4, 0.5) is 5.69 Å². The maximum atomic E-state index is 13.0. The minimum Gasteiger partial charge on any atom is -0.464 e. The first-order valence-corrected chi connectivity index (χ1v) is 13.1. The van der Waals surface area contributed by atoms with E-state index in [-0.39, 0.29) is 23.6 Å². The standard InChI is InChI=1S/C27H25N5O5S/c1-3-37-26(34)27(2,25(29)33)32-23-14-13-20(31-38(35,36)21-7-5-4-6-8-21)16-22(23)30-24(32)15-18-9-11-19(17-28)12-10-18/h4-14,16,31H,3,15H2,1-2H3,(H2,29,33). The number of ether oxygens (including phenoxy) is 1. The van der Waals surface area contributed by atoms with Gasteiger partial charge in [0.2, 0.25) is 5.54 Å². The Morgan fingerprint density at radius 1 is 1.11 bits per heavy atom. The van der Waals surface area contributed by atoms with Crippen molar-refractivity contribution in [2.75, 3.05) is 11.3 Å². The molecule has 38 heavy (non-hydrogen) atoms. The molecule has 0 saturated heterocycles. The zero-order valence-electron chi connectivity index (χ0n) is 20.7. The van der Waals surface area contributed by atoms with E-state index in [4.69, 9.17) is 15.7 Å². The third kappa shape index (κ3) is 4.94. The molecule has 0 aliphatic rings. The molecule has 3 N–H and O–H groups in total. The number of nitrogens with zero attached hydrogens (tertiary/aromatic N) is 3. The van der Waals surface area contributed by atoms with E-state index in [1.807, 2.05) is 0 Å². The van der Waals surface area contributed by atoms with Crippen LogP contribution in [0.25, 0.3) is 11.0 Å². The van der Waals surface area contributed by atoms with Crippen LogP contribution in [0.1, 0.15) is 30.8 Å². The summed E-state index contributed by atoms with van der Waals surface area (Å²) in [6, 6.07) is 21.3. The molecule has 4 aromatic rings. The number of fused-ring (bicyclic) bond motifs is 1. The molecule has 4 rings (SSSR count). The molecule has 1 aromatic heterocycles. The molecule has 1 atom stereocenters. The zero-order valence-corrected chi connectivity index (χ0v) is 21.5. The third-order valence-electron chi connectivity index (χ3n) is 6.07. The van der Waals surface area contributed by atoms with Gasteiger partial charge in [-0.25, -0.2) is 18.2 Å². The summed E-state index contributed by atoms with van der Waals surface area (Å²) in [7, 11) is -3.86. The number of nitrogens with two attached hydrogens (primary N) is 1. The molecule has 1 heterocycles. The summed E-state index contributed by atoms with van der Waals surface area (Å²) in [6.45, 7) is 3.02. The van der Waals surface area contributed by atoms with E-state index in [0.29, 0.717) is 22.4 Å². The number of imidazole rings is 1. The molecule has 0 saturated carbocycles. The first-order chi connectivity index (χ1) is 18.1. The fourth-order valence-electron chi connectivity index (χ4n) is 4.08. The predicted molar refractivity (Wildman–Crippen MR) is 140 cm³/mol. The molecule has 3 aromatic carbocycles. The van der Waals surface area contributed by atoms with Crippen LogP contribution in [-0.4, -0.2) is 36.5 Å². The molecule has 0 fully saturated rings. The van der Waals surface area contributed by atoms with E-state index >= 15 is 0 Å². The minimum absolute atomic E-state index is 0.0324. The average molecular weight is 532 g/mol. The average Bonchev–Trinajstić information content (AvgIpc) is 3.26. The molecule has 11 heteroatoms. The molecule has 0 aliphatic carbocycles. The number of benzene rings is 3. The van der Waals surface area contributed by atoms with Gasteiger partial charge >= 0.3 is 5.97 Å². The van der Waals surface area contributed by atoms with Crippen LogP contribution in [0.15, 0.2) is 77.7 Å². The fourth-order valence-corrected chi connectivity index (χ4v) is 5.15. The van der Waals surface area contributed by atoms with Gasteiger partial charge in [-0.05, 0) is 61.9 Å². The third-order valence-corrected chi connectivity index (χ3v) is 7.47. The second-order valence-electron chi connectivity index (χ2n) is 8.63. The Bertz CT molecular complexity index is 1660. The molecule has 0 aliphatic heterocycles. The summed E-state index contributed by atoms with van der Waals surface area (Å²) in [6.07, 6.45) is 0.188. The van der Waals surface area contributed by atoms with Crippen molar-refractivity contribution < 1.29 is 22.7 Å². The highest BCUT2D eigenvalue weighted by molar-refractivity contribution is 7.92.